The highest BCUT2D eigenvalue weighted by molar-refractivity contribution is 6.32. The van der Waals surface area contributed by atoms with Gasteiger partial charge >= 0.3 is 0 Å². The van der Waals surface area contributed by atoms with Gasteiger partial charge in [-0.25, -0.2) is 0 Å². The molecule has 0 spiro atoms. The van der Waals surface area contributed by atoms with Crippen molar-refractivity contribution in [1.82, 2.24) is 5.32 Å². The molecule has 0 bridgehead atoms. The largest absolute Gasteiger partial charge is 0.493 e. The van der Waals surface area contributed by atoms with Crippen molar-refractivity contribution >= 4 is 23.2 Å². The molecule has 0 fully saturated rings. The van der Waals surface area contributed by atoms with Crippen molar-refractivity contribution in [2.75, 3.05) is 13.7 Å². The highest BCUT2D eigenvalue weighted by Gasteiger charge is 2.13. The number of ether oxygens (including phenoxy) is 2. The number of halogens is 2. The zero-order valence-electron chi connectivity index (χ0n) is 16.1. The van der Waals surface area contributed by atoms with E-state index in [1.807, 2.05) is 66.7 Å². The first-order valence-corrected chi connectivity index (χ1v) is 10.00. The fraction of sp³-hybridized carbons (Fsp3) is 0.217. The standard InChI is InChI=1S/C23H23Cl2NO3/c1-28-22-12-17(13-26-14-21(27)18-5-3-2-4-6-18)11-20(25)23(22)29-15-16-7-9-19(24)10-8-16/h2-12,21,26-27H,13-15H2,1H3/t21-/m1/s1. The van der Waals surface area contributed by atoms with E-state index in [9.17, 15) is 5.11 Å². The summed E-state index contributed by atoms with van der Waals surface area (Å²) in [4.78, 5) is 0. The average molecular weight is 432 g/mol. The highest BCUT2D eigenvalue weighted by atomic mass is 35.5. The Kier molecular flexibility index (Phi) is 7.78. The first-order chi connectivity index (χ1) is 14.1. The van der Waals surface area contributed by atoms with E-state index in [4.69, 9.17) is 32.7 Å². The van der Waals surface area contributed by atoms with Gasteiger partial charge in [0, 0.05) is 18.1 Å². The minimum atomic E-state index is -0.574. The molecule has 3 aromatic carbocycles. The molecule has 152 valence electrons. The number of aliphatic hydroxyl groups excluding tert-OH is 1. The SMILES string of the molecule is COc1cc(CNC[C@@H](O)c2ccccc2)cc(Cl)c1OCc1ccc(Cl)cc1. The van der Waals surface area contributed by atoms with Gasteiger partial charge in [0.05, 0.1) is 18.2 Å². The lowest BCUT2D eigenvalue weighted by Gasteiger charge is -2.16. The number of rotatable bonds is 9. The van der Waals surface area contributed by atoms with Crippen LogP contribution in [0.2, 0.25) is 10.0 Å². The summed E-state index contributed by atoms with van der Waals surface area (Å²) in [7, 11) is 1.58. The van der Waals surface area contributed by atoms with Crippen LogP contribution < -0.4 is 14.8 Å². The smallest absolute Gasteiger partial charge is 0.180 e. The third kappa shape index (κ3) is 6.12. The van der Waals surface area contributed by atoms with Crippen molar-refractivity contribution in [3.8, 4) is 11.5 Å². The third-order valence-electron chi connectivity index (χ3n) is 4.44. The van der Waals surface area contributed by atoms with Crippen molar-refractivity contribution in [3.05, 3.63) is 93.5 Å². The Bertz CT molecular complexity index is 917. The summed E-state index contributed by atoms with van der Waals surface area (Å²) in [6, 6.07) is 20.7. The minimum Gasteiger partial charge on any atom is -0.493 e. The average Bonchev–Trinajstić information content (AvgIpc) is 2.74. The zero-order chi connectivity index (χ0) is 20.6. The van der Waals surface area contributed by atoms with Gasteiger partial charge < -0.3 is 19.9 Å². The molecule has 3 aromatic rings. The lowest BCUT2D eigenvalue weighted by Crippen LogP contribution is -2.21. The van der Waals surface area contributed by atoms with E-state index in [-0.39, 0.29) is 0 Å². The van der Waals surface area contributed by atoms with Gasteiger partial charge in [0.1, 0.15) is 6.61 Å². The molecule has 0 aliphatic rings. The van der Waals surface area contributed by atoms with Gasteiger partial charge in [-0.05, 0) is 41.0 Å². The Labute approximate surface area is 181 Å². The molecule has 3 rings (SSSR count). The second-order valence-electron chi connectivity index (χ2n) is 6.58. The van der Waals surface area contributed by atoms with Crippen LogP contribution in [0.3, 0.4) is 0 Å². The summed E-state index contributed by atoms with van der Waals surface area (Å²) in [5.41, 5.74) is 2.79. The molecule has 0 amide bonds. The molecule has 0 radical (unpaired) electrons. The topological polar surface area (TPSA) is 50.7 Å². The van der Waals surface area contributed by atoms with E-state index in [1.54, 1.807) is 7.11 Å². The lowest BCUT2D eigenvalue weighted by atomic mass is 10.1. The summed E-state index contributed by atoms with van der Waals surface area (Å²) < 4.78 is 11.3. The van der Waals surface area contributed by atoms with Crippen LogP contribution in [-0.4, -0.2) is 18.8 Å². The Morgan fingerprint density at radius 2 is 1.69 bits per heavy atom. The van der Waals surface area contributed by atoms with Crippen molar-refractivity contribution in [2.45, 2.75) is 19.3 Å². The number of hydrogen-bond donors (Lipinski definition) is 2. The molecule has 0 aliphatic heterocycles. The van der Waals surface area contributed by atoms with Crippen molar-refractivity contribution in [3.63, 3.8) is 0 Å². The van der Waals surface area contributed by atoms with Crippen LogP contribution in [0.1, 0.15) is 22.8 Å². The van der Waals surface area contributed by atoms with E-state index in [1.165, 1.54) is 0 Å². The molecular formula is C23H23Cl2NO3. The summed E-state index contributed by atoms with van der Waals surface area (Å²) in [5.74, 6) is 1.06. The van der Waals surface area contributed by atoms with Crippen LogP contribution in [0.5, 0.6) is 11.5 Å². The summed E-state index contributed by atoms with van der Waals surface area (Å²) in [6.45, 7) is 1.32. The molecule has 0 saturated heterocycles. The molecule has 6 heteroatoms. The summed E-state index contributed by atoms with van der Waals surface area (Å²) in [5, 5.41) is 14.6. The van der Waals surface area contributed by atoms with Crippen LogP contribution in [0.4, 0.5) is 0 Å². The monoisotopic (exact) mass is 431 g/mol. The van der Waals surface area contributed by atoms with Crippen LogP contribution >= 0.6 is 23.2 Å². The van der Waals surface area contributed by atoms with E-state index in [0.717, 1.165) is 16.7 Å². The molecule has 4 nitrogen and oxygen atoms in total. The van der Waals surface area contributed by atoms with Crippen LogP contribution in [0.25, 0.3) is 0 Å². The molecule has 0 unspecified atom stereocenters. The van der Waals surface area contributed by atoms with Gasteiger partial charge in [-0.1, -0.05) is 65.7 Å². The van der Waals surface area contributed by atoms with Crippen LogP contribution in [0.15, 0.2) is 66.7 Å². The molecule has 29 heavy (non-hydrogen) atoms. The summed E-state index contributed by atoms with van der Waals surface area (Å²) >= 11 is 12.4. The Balaban J connectivity index is 1.60. The maximum absolute atomic E-state index is 10.3. The quantitative estimate of drug-likeness (QED) is 0.475. The minimum absolute atomic E-state index is 0.355. The lowest BCUT2D eigenvalue weighted by molar-refractivity contribution is 0.174. The number of benzene rings is 3. The zero-order valence-corrected chi connectivity index (χ0v) is 17.6. The third-order valence-corrected chi connectivity index (χ3v) is 4.97. The second kappa shape index (κ2) is 10.5. The van der Waals surface area contributed by atoms with Gasteiger partial charge in [-0.3, -0.25) is 0 Å². The molecular weight excluding hydrogens is 409 g/mol. The van der Waals surface area contributed by atoms with Crippen molar-refractivity contribution < 1.29 is 14.6 Å². The maximum Gasteiger partial charge on any atom is 0.180 e. The van der Waals surface area contributed by atoms with E-state index in [0.29, 0.717) is 41.2 Å². The van der Waals surface area contributed by atoms with E-state index >= 15 is 0 Å². The van der Waals surface area contributed by atoms with E-state index in [2.05, 4.69) is 5.32 Å². The second-order valence-corrected chi connectivity index (χ2v) is 7.43. The molecule has 0 saturated carbocycles. The van der Waals surface area contributed by atoms with Gasteiger partial charge in [-0.15, -0.1) is 0 Å². The molecule has 0 aromatic heterocycles. The van der Waals surface area contributed by atoms with Crippen LogP contribution in [-0.2, 0) is 13.2 Å². The first kappa shape index (κ1) is 21.5. The first-order valence-electron chi connectivity index (χ1n) is 9.24. The Hall–Kier alpha value is -2.24. The van der Waals surface area contributed by atoms with Gasteiger partial charge in [0.15, 0.2) is 11.5 Å². The van der Waals surface area contributed by atoms with Crippen LogP contribution in [0, 0.1) is 0 Å². The Morgan fingerprint density at radius 3 is 2.38 bits per heavy atom. The van der Waals surface area contributed by atoms with Crippen molar-refractivity contribution in [2.24, 2.45) is 0 Å². The number of methoxy groups -OCH3 is 1. The fourth-order valence-electron chi connectivity index (χ4n) is 2.90. The molecule has 0 heterocycles. The van der Waals surface area contributed by atoms with Gasteiger partial charge in [0.2, 0.25) is 0 Å². The van der Waals surface area contributed by atoms with E-state index < -0.39 is 6.10 Å². The Morgan fingerprint density at radius 1 is 0.966 bits per heavy atom. The fourth-order valence-corrected chi connectivity index (χ4v) is 3.31. The molecule has 0 aliphatic carbocycles. The number of nitrogens with one attached hydrogen (secondary N) is 1. The number of hydrogen-bond acceptors (Lipinski definition) is 4. The van der Waals surface area contributed by atoms with Gasteiger partial charge in [-0.2, -0.15) is 0 Å². The maximum atomic E-state index is 10.3. The number of aliphatic hydroxyl groups is 1. The predicted octanol–water partition coefficient (Wildman–Crippen LogP) is 5.40. The predicted molar refractivity (Wildman–Crippen MR) is 117 cm³/mol. The summed E-state index contributed by atoms with van der Waals surface area (Å²) in [6.07, 6.45) is -0.574. The highest BCUT2D eigenvalue weighted by Crippen LogP contribution is 2.37. The van der Waals surface area contributed by atoms with Crippen molar-refractivity contribution in [1.29, 1.82) is 0 Å². The van der Waals surface area contributed by atoms with Gasteiger partial charge in [0.25, 0.3) is 0 Å². The molecule has 1 atom stereocenters. The normalized spacial score (nSPS) is 11.9. The molecule has 2 N–H and O–H groups in total.